The second kappa shape index (κ2) is 14.5. The maximum absolute atomic E-state index is 14.7. The fourth-order valence-corrected chi connectivity index (χ4v) is 5.66. The van der Waals surface area contributed by atoms with Gasteiger partial charge in [0.2, 0.25) is 5.91 Å². The first-order valence-corrected chi connectivity index (χ1v) is 15.0. The first-order valence-electron chi connectivity index (χ1n) is 14.5. The van der Waals surface area contributed by atoms with E-state index < -0.39 is 17.6 Å². The number of carbonyl (C=O) groups is 4. The molecule has 2 heterocycles. The van der Waals surface area contributed by atoms with Crippen LogP contribution in [0, 0.1) is 25.1 Å². The molecule has 0 saturated heterocycles. The van der Waals surface area contributed by atoms with Gasteiger partial charge in [0.1, 0.15) is 18.4 Å². The normalized spacial score (nSPS) is 15.7. The summed E-state index contributed by atoms with van der Waals surface area (Å²) in [4.78, 5) is 53.1. The third kappa shape index (κ3) is 6.49. The van der Waals surface area contributed by atoms with Gasteiger partial charge in [-0.1, -0.05) is 31.0 Å². The molecule has 0 bridgehead atoms. The van der Waals surface area contributed by atoms with Crippen LogP contribution in [0.15, 0.2) is 41.5 Å². The average Bonchev–Trinajstić information content (AvgIpc) is 3.28. The molecule has 232 valence electrons. The van der Waals surface area contributed by atoms with Gasteiger partial charge in [0, 0.05) is 23.8 Å². The number of aryl methyl sites for hydroxylation is 2. The first kappa shape index (κ1) is 32.7. The molecule has 11 heteroatoms. The summed E-state index contributed by atoms with van der Waals surface area (Å²) in [5, 5.41) is 0. The maximum Gasteiger partial charge on any atom is 0.265 e. The lowest BCUT2D eigenvalue weighted by Crippen LogP contribution is -2.39. The Morgan fingerprint density at radius 1 is 1.11 bits per heavy atom. The third-order valence-electron chi connectivity index (χ3n) is 7.66. The summed E-state index contributed by atoms with van der Waals surface area (Å²) in [6.07, 6.45) is 8.88. The van der Waals surface area contributed by atoms with Crippen LogP contribution in [0.4, 0.5) is 21.5 Å². The number of amides is 4. The summed E-state index contributed by atoms with van der Waals surface area (Å²) in [5.41, 5.74) is 4.12. The zero-order chi connectivity index (χ0) is 32.0. The number of benzene rings is 2. The molecule has 4 amide bonds. The van der Waals surface area contributed by atoms with E-state index in [4.69, 9.17) is 27.5 Å². The van der Waals surface area contributed by atoms with Gasteiger partial charge in [0.05, 0.1) is 23.6 Å². The van der Waals surface area contributed by atoms with Gasteiger partial charge in [-0.3, -0.25) is 29.0 Å². The summed E-state index contributed by atoms with van der Waals surface area (Å²) in [6, 6.07) is 8.39. The minimum atomic E-state index is -0.764. The number of carbonyl (C=O) groups excluding carboxylic acids is 4. The van der Waals surface area contributed by atoms with Crippen LogP contribution in [0.25, 0.3) is 0 Å². The second-order valence-corrected chi connectivity index (χ2v) is 10.6. The summed E-state index contributed by atoms with van der Waals surface area (Å²) in [5.74, 6) is 0.238. The molecule has 0 saturated carbocycles. The SMILES string of the molecule is C#CCN1C(=O)COc2cc(F)c(N3C(=O)C4=C(CCCC4)C3=O)cc21.CCOCN(C(=O)CCl)c1c(C)cccc1CC. The highest BCUT2D eigenvalue weighted by atomic mass is 35.5. The Kier molecular flexibility index (Phi) is 10.8. The molecule has 2 aliphatic heterocycles. The van der Waals surface area contributed by atoms with Gasteiger partial charge in [-0.05, 0) is 63.1 Å². The number of terminal acetylenes is 1. The van der Waals surface area contributed by atoms with Crippen LogP contribution in [0.2, 0.25) is 0 Å². The summed E-state index contributed by atoms with van der Waals surface area (Å²) >= 11 is 5.68. The molecule has 3 aliphatic rings. The van der Waals surface area contributed by atoms with Crippen LogP contribution in [0.1, 0.15) is 50.7 Å². The molecule has 9 nitrogen and oxygen atoms in total. The third-order valence-corrected chi connectivity index (χ3v) is 7.89. The number of anilines is 3. The van der Waals surface area contributed by atoms with Crippen molar-refractivity contribution >= 4 is 52.3 Å². The fraction of sp³-hybridized carbons (Fsp3) is 0.394. The minimum Gasteiger partial charge on any atom is -0.481 e. The quantitative estimate of drug-likeness (QED) is 0.177. The molecule has 2 aromatic carbocycles. The summed E-state index contributed by atoms with van der Waals surface area (Å²) in [7, 11) is 0. The van der Waals surface area contributed by atoms with E-state index in [0.29, 0.717) is 30.6 Å². The van der Waals surface area contributed by atoms with Crippen LogP contribution < -0.4 is 19.4 Å². The first-order chi connectivity index (χ1) is 21.2. The van der Waals surface area contributed by atoms with Gasteiger partial charge in [-0.25, -0.2) is 9.29 Å². The molecule has 2 aromatic rings. The highest BCUT2D eigenvalue weighted by molar-refractivity contribution is 6.33. The van der Waals surface area contributed by atoms with E-state index >= 15 is 0 Å². The number of hydrogen-bond acceptors (Lipinski definition) is 6. The van der Waals surface area contributed by atoms with E-state index in [9.17, 15) is 23.6 Å². The van der Waals surface area contributed by atoms with Crippen molar-refractivity contribution in [3.05, 3.63) is 58.4 Å². The number of alkyl halides is 1. The lowest BCUT2D eigenvalue weighted by atomic mass is 9.93. The highest BCUT2D eigenvalue weighted by Crippen LogP contribution is 2.41. The molecule has 44 heavy (non-hydrogen) atoms. The van der Waals surface area contributed by atoms with Crippen molar-refractivity contribution in [2.45, 2.75) is 52.9 Å². The average molecular weight is 624 g/mol. The zero-order valence-electron chi connectivity index (χ0n) is 25.1. The second-order valence-electron chi connectivity index (χ2n) is 10.4. The lowest BCUT2D eigenvalue weighted by Gasteiger charge is -2.29. The Hall–Kier alpha value is -4.20. The van der Waals surface area contributed by atoms with Gasteiger partial charge < -0.3 is 9.47 Å². The number of halogens is 2. The van der Waals surface area contributed by atoms with Crippen molar-refractivity contribution in [2.75, 3.05) is 47.1 Å². The van der Waals surface area contributed by atoms with Crippen molar-refractivity contribution in [3.8, 4) is 18.1 Å². The number of para-hydroxylation sites is 1. The Bertz CT molecular complexity index is 1520. The molecular weight excluding hydrogens is 589 g/mol. The van der Waals surface area contributed by atoms with E-state index in [2.05, 4.69) is 12.8 Å². The molecule has 0 atom stereocenters. The Morgan fingerprint density at radius 2 is 1.80 bits per heavy atom. The van der Waals surface area contributed by atoms with Crippen molar-refractivity contribution < 1.29 is 33.0 Å². The molecular formula is C33H35ClFN3O6. The fourth-order valence-electron chi connectivity index (χ4n) is 5.51. The smallest absolute Gasteiger partial charge is 0.265 e. The number of ether oxygens (including phenoxy) is 2. The van der Waals surface area contributed by atoms with E-state index in [0.717, 1.165) is 47.0 Å². The lowest BCUT2D eigenvalue weighted by molar-refractivity contribution is -0.121. The number of imide groups is 1. The molecule has 5 rings (SSSR count). The Morgan fingerprint density at radius 3 is 2.39 bits per heavy atom. The van der Waals surface area contributed by atoms with Crippen molar-refractivity contribution in [1.82, 2.24) is 0 Å². The Balaban J connectivity index is 0.000000217. The summed E-state index contributed by atoms with van der Waals surface area (Å²) < 4.78 is 25.3. The molecule has 0 N–H and O–H groups in total. The Labute approximate surface area is 261 Å². The van der Waals surface area contributed by atoms with Gasteiger partial charge >= 0.3 is 0 Å². The number of nitrogens with zero attached hydrogens (tertiary/aromatic N) is 3. The highest BCUT2D eigenvalue weighted by Gasteiger charge is 2.41. The van der Waals surface area contributed by atoms with E-state index in [1.54, 1.807) is 4.90 Å². The van der Waals surface area contributed by atoms with Gasteiger partial charge in [-0.2, -0.15) is 0 Å². The van der Waals surface area contributed by atoms with Crippen LogP contribution in [-0.2, 0) is 30.3 Å². The largest absolute Gasteiger partial charge is 0.481 e. The van der Waals surface area contributed by atoms with E-state index in [1.807, 2.05) is 32.0 Å². The topological polar surface area (TPSA) is 96.5 Å². The minimum absolute atomic E-state index is 0.0170. The molecule has 0 radical (unpaired) electrons. The zero-order valence-corrected chi connectivity index (χ0v) is 25.8. The molecule has 0 aromatic heterocycles. The van der Waals surface area contributed by atoms with Crippen molar-refractivity contribution in [3.63, 3.8) is 0 Å². The molecule has 0 unspecified atom stereocenters. The molecule has 0 spiro atoms. The summed E-state index contributed by atoms with van der Waals surface area (Å²) in [6.45, 7) is 6.53. The van der Waals surface area contributed by atoms with Crippen LogP contribution in [0.5, 0.6) is 5.75 Å². The van der Waals surface area contributed by atoms with Gasteiger partial charge in [0.15, 0.2) is 12.4 Å². The van der Waals surface area contributed by atoms with Crippen molar-refractivity contribution in [1.29, 1.82) is 0 Å². The van der Waals surface area contributed by atoms with Gasteiger partial charge in [-0.15, -0.1) is 18.0 Å². The predicted octanol–water partition coefficient (Wildman–Crippen LogP) is 5.05. The molecule has 1 aliphatic carbocycles. The van der Waals surface area contributed by atoms with Crippen LogP contribution in [0.3, 0.4) is 0 Å². The number of fused-ring (bicyclic) bond motifs is 1. The van der Waals surface area contributed by atoms with Crippen molar-refractivity contribution in [2.24, 2.45) is 0 Å². The standard InChI is InChI=1S/C19H15FN2O4.C14H20ClNO2/c1-2-7-21-15-9-14(13(20)8-16(15)26-10-17(21)23)22-18(24)11-5-3-4-6-12(11)19(22)25;1-4-12-8-6-7-11(3)14(12)16(10-18-5-2)13(17)9-15/h1,8-9H,3-7,10H2;6-8H,4-5,9-10H2,1-3H3. The number of hydrogen-bond donors (Lipinski definition) is 0. The van der Waals surface area contributed by atoms with E-state index in [-0.39, 0.29) is 54.7 Å². The van der Waals surface area contributed by atoms with Crippen LogP contribution >= 0.6 is 11.6 Å². The number of rotatable bonds is 8. The van der Waals surface area contributed by atoms with E-state index in [1.165, 1.54) is 11.0 Å². The predicted molar refractivity (Wildman–Crippen MR) is 166 cm³/mol. The van der Waals surface area contributed by atoms with Crippen LogP contribution in [-0.4, -0.2) is 56.0 Å². The monoisotopic (exact) mass is 623 g/mol. The maximum atomic E-state index is 14.7. The molecule has 0 fully saturated rings. The van der Waals surface area contributed by atoms with Gasteiger partial charge in [0.25, 0.3) is 17.7 Å².